The molecule has 0 aliphatic carbocycles. The molecule has 0 amide bonds. The molecule has 3 nitrogen and oxygen atoms in total. The molecule has 0 fully saturated rings. The van der Waals surface area contributed by atoms with Crippen molar-refractivity contribution in [2.24, 2.45) is 0 Å². The number of phenolic OH excluding ortho intramolecular Hbond substituents is 3. The number of benzene rings is 3. The molecule has 3 aromatic rings. The van der Waals surface area contributed by atoms with E-state index in [0.717, 1.165) is 44.5 Å². The van der Waals surface area contributed by atoms with E-state index in [1.54, 1.807) is 6.07 Å². The molecule has 0 atom stereocenters. The molecule has 0 heterocycles. The Bertz CT molecular complexity index is 1000. The van der Waals surface area contributed by atoms with Crippen LogP contribution >= 0.6 is 0 Å². The first-order chi connectivity index (χ1) is 12.8. The van der Waals surface area contributed by atoms with E-state index < -0.39 is 0 Å². The zero-order valence-electron chi connectivity index (χ0n) is 16.3. The summed E-state index contributed by atoms with van der Waals surface area (Å²) < 4.78 is 0. The summed E-state index contributed by atoms with van der Waals surface area (Å²) in [5, 5.41) is 31.0. The number of rotatable bonds is 4. The highest BCUT2D eigenvalue weighted by atomic mass is 16.3. The lowest BCUT2D eigenvalue weighted by atomic mass is 9.90. The van der Waals surface area contributed by atoms with Crippen molar-refractivity contribution in [2.45, 2.75) is 40.5 Å². The Morgan fingerprint density at radius 3 is 1.67 bits per heavy atom. The molecule has 0 bridgehead atoms. The molecular formula is C24H26O3. The summed E-state index contributed by atoms with van der Waals surface area (Å²) in [4.78, 5) is 0. The maximum atomic E-state index is 10.5. The van der Waals surface area contributed by atoms with Gasteiger partial charge in [-0.3, -0.25) is 0 Å². The molecule has 0 aliphatic rings. The lowest BCUT2D eigenvalue weighted by Crippen LogP contribution is -2.01. The molecular weight excluding hydrogens is 336 g/mol. The highest BCUT2D eigenvalue weighted by Gasteiger charge is 2.15. The summed E-state index contributed by atoms with van der Waals surface area (Å²) in [6.07, 6.45) is 1.17. The molecule has 0 spiro atoms. The van der Waals surface area contributed by atoms with Crippen LogP contribution in [0.2, 0.25) is 0 Å². The van der Waals surface area contributed by atoms with E-state index >= 15 is 0 Å². The lowest BCUT2D eigenvalue weighted by molar-refractivity contribution is 0.463. The molecule has 0 aliphatic heterocycles. The van der Waals surface area contributed by atoms with Crippen molar-refractivity contribution in [3.05, 3.63) is 87.0 Å². The molecule has 0 saturated heterocycles. The third kappa shape index (κ3) is 3.63. The van der Waals surface area contributed by atoms with Gasteiger partial charge in [-0.05, 0) is 79.1 Å². The zero-order chi connectivity index (χ0) is 19.7. The minimum Gasteiger partial charge on any atom is -0.508 e. The number of aryl methyl sites for hydroxylation is 2. The van der Waals surface area contributed by atoms with Crippen molar-refractivity contribution in [2.75, 3.05) is 0 Å². The molecule has 27 heavy (non-hydrogen) atoms. The summed E-state index contributed by atoms with van der Waals surface area (Å²) in [6, 6.07) is 13.4. The Morgan fingerprint density at radius 2 is 1.11 bits per heavy atom. The summed E-state index contributed by atoms with van der Waals surface area (Å²) in [5.74, 6) is 0.887. The van der Waals surface area contributed by atoms with Crippen LogP contribution in [0.5, 0.6) is 17.2 Å². The number of aromatic hydroxyl groups is 3. The van der Waals surface area contributed by atoms with Crippen LogP contribution in [0, 0.1) is 27.7 Å². The fraction of sp³-hybridized carbons (Fsp3) is 0.250. The average molecular weight is 362 g/mol. The quantitative estimate of drug-likeness (QED) is 0.596. The van der Waals surface area contributed by atoms with Gasteiger partial charge >= 0.3 is 0 Å². The molecule has 3 aromatic carbocycles. The fourth-order valence-corrected chi connectivity index (χ4v) is 3.52. The van der Waals surface area contributed by atoms with Gasteiger partial charge in [0.05, 0.1) is 0 Å². The normalized spacial score (nSPS) is 11.0. The van der Waals surface area contributed by atoms with Crippen LogP contribution in [-0.2, 0) is 12.8 Å². The third-order valence-corrected chi connectivity index (χ3v) is 5.49. The van der Waals surface area contributed by atoms with Crippen molar-refractivity contribution < 1.29 is 15.3 Å². The van der Waals surface area contributed by atoms with Crippen molar-refractivity contribution in [1.29, 1.82) is 0 Å². The van der Waals surface area contributed by atoms with Gasteiger partial charge in [-0.15, -0.1) is 0 Å². The Hall–Kier alpha value is -2.94. The first kappa shape index (κ1) is 18.8. The molecule has 0 aromatic heterocycles. The van der Waals surface area contributed by atoms with Gasteiger partial charge in [0.25, 0.3) is 0 Å². The van der Waals surface area contributed by atoms with Crippen molar-refractivity contribution in [1.82, 2.24) is 0 Å². The van der Waals surface area contributed by atoms with Crippen LogP contribution in [0.4, 0.5) is 0 Å². The van der Waals surface area contributed by atoms with Gasteiger partial charge < -0.3 is 15.3 Å². The van der Waals surface area contributed by atoms with E-state index in [1.165, 1.54) is 0 Å². The topological polar surface area (TPSA) is 60.7 Å². The van der Waals surface area contributed by atoms with E-state index in [2.05, 4.69) is 0 Å². The zero-order valence-corrected chi connectivity index (χ0v) is 16.3. The van der Waals surface area contributed by atoms with Crippen LogP contribution in [0.25, 0.3) is 0 Å². The molecule has 0 saturated carbocycles. The summed E-state index contributed by atoms with van der Waals surface area (Å²) >= 11 is 0. The van der Waals surface area contributed by atoms with E-state index in [1.807, 2.05) is 64.1 Å². The third-order valence-electron chi connectivity index (χ3n) is 5.49. The van der Waals surface area contributed by atoms with E-state index in [9.17, 15) is 15.3 Å². The van der Waals surface area contributed by atoms with E-state index in [4.69, 9.17) is 0 Å². The van der Waals surface area contributed by atoms with Gasteiger partial charge in [0, 0.05) is 12.0 Å². The lowest BCUT2D eigenvalue weighted by Gasteiger charge is -2.16. The number of hydrogen-bond donors (Lipinski definition) is 3. The first-order valence-electron chi connectivity index (χ1n) is 9.15. The van der Waals surface area contributed by atoms with Crippen LogP contribution in [-0.4, -0.2) is 15.3 Å². The highest BCUT2D eigenvalue weighted by molar-refractivity contribution is 5.51. The summed E-state index contributed by atoms with van der Waals surface area (Å²) in [7, 11) is 0. The highest BCUT2D eigenvalue weighted by Crippen LogP contribution is 2.32. The maximum absolute atomic E-state index is 10.5. The van der Waals surface area contributed by atoms with Gasteiger partial charge in [-0.25, -0.2) is 0 Å². The van der Waals surface area contributed by atoms with Gasteiger partial charge in [0.1, 0.15) is 17.2 Å². The monoisotopic (exact) mass is 362 g/mol. The van der Waals surface area contributed by atoms with E-state index in [-0.39, 0.29) is 5.75 Å². The second-order valence-electron chi connectivity index (χ2n) is 7.30. The molecule has 3 N–H and O–H groups in total. The van der Waals surface area contributed by atoms with E-state index in [0.29, 0.717) is 24.3 Å². The first-order valence-corrected chi connectivity index (χ1v) is 9.15. The molecule has 3 rings (SSSR count). The Kier molecular flexibility index (Phi) is 5.13. The standard InChI is InChI=1S/C24H26O3/c1-14-8-10-18(16(3)23(14)26)12-20-6-5-7-22(25)21(20)13-19-11-9-15(2)24(27)17(19)4/h5-11,25-27H,12-13H2,1-4H3. The predicted octanol–water partition coefficient (Wildman–Crippen LogP) is 5.22. The van der Waals surface area contributed by atoms with Gasteiger partial charge in [-0.2, -0.15) is 0 Å². The van der Waals surface area contributed by atoms with Crippen molar-refractivity contribution in [3.63, 3.8) is 0 Å². The molecule has 0 radical (unpaired) electrons. The minimum atomic E-state index is 0.251. The largest absolute Gasteiger partial charge is 0.508 e. The van der Waals surface area contributed by atoms with Crippen LogP contribution < -0.4 is 0 Å². The Morgan fingerprint density at radius 1 is 0.593 bits per heavy atom. The Balaban J connectivity index is 2.01. The smallest absolute Gasteiger partial charge is 0.121 e. The predicted molar refractivity (Wildman–Crippen MR) is 109 cm³/mol. The molecule has 0 unspecified atom stereocenters. The SMILES string of the molecule is Cc1ccc(Cc2cccc(O)c2Cc2ccc(C)c(O)c2C)c(C)c1O. The second-order valence-corrected chi connectivity index (χ2v) is 7.30. The second kappa shape index (κ2) is 7.36. The number of phenols is 3. The average Bonchev–Trinajstić information content (AvgIpc) is 2.64. The minimum absolute atomic E-state index is 0.251. The fourth-order valence-electron chi connectivity index (χ4n) is 3.52. The molecule has 140 valence electrons. The van der Waals surface area contributed by atoms with Crippen molar-refractivity contribution in [3.8, 4) is 17.2 Å². The van der Waals surface area contributed by atoms with Crippen LogP contribution in [0.15, 0.2) is 42.5 Å². The van der Waals surface area contributed by atoms with Crippen LogP contribution in [0.1, 0.15) is 44.5 Å². The molecule has 3 heteroatoms. The Labute approximate surface area is 160 Å². The summed E-state index contributed by atoms with van der Waals surface area (Å²) in [5.41, 5.74) is 7.31. The number of hydrogen-bond acceptors (Lipinski definition) is 3. The van der Waals surface area contributed by atoms with Gasteiger partial charge in [0.2, 0.25) is 0 Å². The van der Waals surface area contributed by atoms with Gasteiger partial charge in [0.15, 0.2) is 0 Å². The summed E-state index contributed by atoms with van der Waals surface area (Å²) in [6.45, 7) is 7.59. The maximum Gasteiger partial charge on any atom is 0.121 e. The van der Waals surface area contributed by atoms with Crippen LogP contribution in [0.3, 0.4) is 0 Å². The van der Waals surface area contributed by atoms with Gasteiger partial charge in [-0.1, -0.05) is 36.4 Å². The van der Waals surface area contributed by atoms with Crippen molar-refractivity contribution >= 4 is 0 Å².